The maximum absolute atomic E-state index is 11.0. The largest absolute Gasteiger partial charge is 0.465 e. The number of ether oxygens (including phenoxy) is 1. The van der Waals surface area contributed by atoms with Gasteiger partial charge in [-0.1, -0.05) is 6.42 Å². The molecule has 0 aliphatic carbocycles. The minimum Gasteiger partial charge on any atom is -0.465 e. The first-order valence-corrected chi connectivity index (χ1v) is 4.34. The minimum absolute atomic E-state index is 0.311. The summed E-state index contributed by atoms with van der Waals surface area (Å²) >= 11 is 0. The smallest absolute Gasteiger partial charge is 0.322 e. The highest BCUT2D eigenvalue weighted by Gasteiger charge is 2.12. The SMILES string of the molecule is CCOC(=O)C(N)CCCCN. The fourth-order valence-corrected chi connectivity index (χ4v) is 0.876. The summed E-state index contributed by atoms with van der Waals surface area (Å²) < 4.78 is 4.74. The van der Waals surface area contributed by atoms with Crippen molar-refractivity contribution in [3.8, 4) is 0 Å². The van der Waals surface area contributed by atoms with Crippen LogP contribution in [0.4, 0.5) is 0 Å². The van der Waals surface area contributed by atoms with Crippen molar-refractivity contribution in [2.75, 3.05) is 13.2 Å². The van der Waals surface area contributed by atoms with Crippen LogP contribution in [0.15, 0.2) is 0 Å². The van der Waals surface area contributed by atoms with Crippen molar-refractivity contribution in [1.29, 1.82) is 0 Å². The number of hydrogen-bond donors (Lipinski definition) is 2. The van der Waals surface area contributed by atoms with Gasteiger partial charge in [0.15, 0.2) is 0 Å². The van der Waals surface area contributed by atoms with E-state index in [0.29, 0.717) is 19.6 Å². The second-order valence-electron chi connectivity index (χ2n) is 2.64. The van der Waals surface area contributed by atoms with Crippen LogP contribution in [0, 0.1) is 0 Å². The van der Waals surface area contributed by atoms with Gasteiger partial charge in [0.05, 0.1) is 6.61 Å². The Morgan fingerprint density at radius 1 is 1.50 bits per heavy atom. The topological polar surface area (TPSA) is 78.3 Å². The van der Waals surface area contributed by atoms with E-state index in [2.05, 4.69) is 0 Å². The quantitative estimate of drug-likeness (QED) is 0.439. The van der Waals surface area contributed by atoms with Gasteiger partial charge in [0.25, 0.3) is 0 Å². The van der Waals surface area contributed by atoms with Crippen molar-refractivity contribution < 1.29 is 9.53 Å². The summed E-state index contributed by atoms with van der Waals surface area (Å²) in [5.74, 6) is -0.311. The molecule has 4 N–H and O–H groups in total. The van der Waals surface area contributed by atoms with Crippen molar-refractivity contribution >= 4 is 5.97 Å². The molecule has 0 saturated carbocycles. The molecule has 0 aliphatic heterocycles. The van der Waals surface area contributed by atoms with Crippen molar-refractivity contribution in [3.63, 3.8) is 0 Å². The molecule has 12 heavy (non-hydrogen) atoms. The summed E-state index contributed by atoms with van der Waals surface area (Å²) in [6.45, 7) is 2.81. The van der Waals surface area contributed by atoms with Crippen LogP contribution in [0.1, 0.15) is 26.2 Å². The Labute approximate surface area is 73.2 Å². The summed E-state index contributed by atoms with van der Waals surface area (Å²) in [6, 6.07) is -0.475. The number of hydrogen-bond acceptors (Lipinski definition) is 4. The molecule has 0 rings (SSSR count). The average molecular weight is 174 g/mol. The van der Waals surface area contributed by atoms with Crippen LogP contribution in [0.5, 0.6) is 0 Å². The van der Waals surface area contributed by atoms with Crippen LogP contribution in [-0.2, 0) is 9.53 Å². The lowest BCUT2D eigenvalue weighted by atomic mass is 10.1. The third-order valence-electron chi connectivity index (χ3n) is 1.56. The Hall–Kier alpha value is -0.610. The Morgan fingerprint density at radius 2 is 2.17 bits per heavy atom. The second-order valence-corrected chi connectivity index (χ2v) is 2.64. The number of esters is 1. The number of carbonyl (C=O) groups is 1. The van der Waals surface area contributed by atoms with Crippen LogP contribution in [0.25, 0.3) is 0 Å². The molecular formula is C8H18N2O2. The van der Waals surface area contributed by atoms with Crippen LogP contribution < -0.4 is 11.5 Å². The lowest BCUT2D eigenvalue weighted by Gasteiger charge is -2.09. The van der Waals surface area contributed by atoms with Crippen LogP contribution in [0.3, 0.4) is 0 Å². The zero-order valence-electron chi connectivity index (χ0n) is 7.58. The van der Waals surface area contributed by atoms with Crippen LogP contribution in [0.2, 0.25) is 0 Å². The summed E-state index contributed by atoms with van der Waals surface area (Å²) in [4.78, 5) is 11.0. The molecule has 0 aromatic carbocycles. The van der Waals surface area contributed by atoms with Crippen LogP contribution in [-0.4, -0.2) is 25.2 Å². The monoisotopic (exact) mass is 174 g/mol. The summed E-state index contributed by atoms with van der Waals surface area (Å²) in [5.41, 5.74) is 10.8. The molecule has 1 atom stereocenters. The van der Waals surface area contributed by atoms with Crippen molar-refractivity contribution in [2.45, 2.75) is 32.2 Å². The van der Waals surface area contributed by atoms with Gasteiger partial charge < -0.3 is 16.2 Å². The molecule has 4 heteroatoms. The van der Waals surface area contributed by atoms with Crippen LogP contribution >= 0.6 is 0 Å². The maximum atomic E-state index is 11.0. The lowest BCUT2D eigenvalue weighted by molar-refractivity contribution is -0.144. The molecule has 4 nitrogen and oxygen atoms in total. The predicted molar refractivity (Wildman–Crippen MR) is 47.5 cm³/mol. The van der Waals surface area contributed by atoms with Crippen molar-refractivity contribution in [3.05, 3.63) is 0 Å². The molecule has 0 spiro atoms. The highest BCUT2D eigenvalue weighted by molar-refractivity contribution is 5.75. The molecule has 0 saturated heterocycles. The van der Waals surface area contributed by atoms with E-state index in [-0.39, 0.29) is 5.97 Å². The molecule has 0 radical (unpaired) electrons. The number of unbranched alkanes of at least 4 members (excludes halogenated alkanes) is 1. The fraction of sp³-hybridized carbons (Fsp3) is 0.875. The van der Waals surface area contributed by atoms with E-state index in [1.54, 1.807) is 6.92 Å². The highest BCUT2D eigenvalue weighted by atomic mass is 16.5. The minimum atomic E-state index is -0.475. The third kappa shape index (κ3) is 5.09. The van der Waals surface area contributed by atoms with Gasteiger partial charge in [-0.05, 0) is 26.3 Å². The van der Waals surface area contributed by atoms with Gasteiger partial charge in [0.2, 0.25) is 0 Å². The molecule has 0 bridgehead atoms. The van der Waals surface area contributed by atoms with Crippen molar-refractivity contribution in [1.82, 2.24) is 0 Å². The van der Waals surface area contributed by atoms with Gasteiger partial charge >= 0.3 is 5.97 Å². The Morgan fingerprint density at radius 3 is 2.67 bits per heavy atom. The van der Waals surface area contributed by atoms with E-state index in [4.69, 9.17) is 16.2 Å². The van der Waals surface area contributed by atoms with E-state index in [1.165, 1.54) is 0 Å². The fourth-order valence-electron chi connectivity index (χ4n) is 0.876. The Kier molecular flexibility index (Phi) is 6.70. The predicted octanol–water partition coefficient (Wildman–Crippen LogP) is 0.00580. The molecule has 0 heterocycles. The number of carbonyl (C=O) groups excluding carboxylic acids is 1. The van der Waals surface area contributed by atoms with E-state index in [1.807, 2.05) is 0 Å². The summed E-state index contributed by atoms with van der Waals surface area (Å²) in [7, 11) is 0. The average Bonchev–Trinajstić information content (AvgIpc) is 2.05. The number of rotatable bonds is 6. The zero-order valence-corrected chi connectivity index (χ0v) is 7.58. The first-order valence-electron chi connectivity index (χ1n) is 4.34. The van der Waals surface area contributed by atoms with E-state index < -0.39 is 6.04 Å². The molecule has 72 valence electrons. The van der Waals surface area contributed by atoms with E-state index >= 15 is 0 Å². The molecule has 0 amide bonds. The highest BCUT2D eigenvalue weighted by Crippen LogP contribution is 1.99. The van der Waals surface area contributed by atoms with Gasteiger partial charge in [-0.15, -0.1) is 0 Å². The standard InChI is InChI=1S/C8H18N2O2/c1-2-12-8(11)7(10)5-3-4-6-9/h7H,2-6,9-10H2,1H3. The summed E-state index contributed by atoms with van der Waals surface area (Å²) in [6.07, 6.45) is 2.46. The molecule has 0 aromatic heterocycles. The lowest BCUT2D eigenvalue weighted by Crippen LogP contribution is -2.32. The Bertz CT molecular complexity index is 128. The normalized spacial score (nSPS) is 12.6. The maximum Gasteiger partial charge on any atom is 0.322 e. The first kappa shape index (κ1) is 11.4. The third-order valence-corrected chi connectivity index (χ3v) is 1.56. The van der Waals surface area contributed by atoms with Gasteiger partial charge in [-0.2, -0.15) is 0 Å². The van der Waals surface area contributed by atoms with Gasteiger partial charge in [0.1, 0.15) is 6.04 Å². The molecule has 0 fully saturated rings. The summed E-state index contributed by atoms with van der Waals surface area (Å²) in [5, 5.41) is 0. The van der Waals surface area contributed by atoms with Gasteiger partial charge in [-0.25, -0.2) is 0 Å². The second kappa shape index (κ2) is 7.06. The van der Waals surface area contributed by atoms with Crippen molar-refractivity contribution in [2.24, 2.45) is 11.5 Å². The molecule has 0 aliphatic rings. The van der Waals surface area contributed by atoms with E-state index in [9.17, 15) is 4.79 Å². The van der Waals surface area contributed by atoms with E-state index in [0.717, 1.165) is 12.8 Å². The van der Waals surface area contributed by atoms with Gasteiger partial charge in [-0.3, -0.25) is 4.79 Å². The number of nitrogens with two attached hydrogens (primary N) is 2. The molecular weight excluding hydrogens is 156 g/mol. The molecule has 0 aromatic rings. The van der Waals surface area contributed by atoms with Gasteiger partial charge in [0, 0.05) is 0 Å². The zero-order chi connectivity index (χ0) is 9.40. The first-order chi connectivity index (χ1) is 5.72. The Balaban J connectivity index is 3.42. The molecule has 1 unspecified atom stereocenters.